The van der Waals surface area contributed by atoms with Gasteiger partial charge in [0.05, 0.1) is 6.10 Å². The molecule has 0 aliphatic rings. The fourth-order valence-corrected chi connectivity index (χ4v) is 2.91. The lowest BCUT2D eigenvalue weighted by atomic mass is 10.2. The van der Waals surface area contributed by atoms with Crippen LogP contribution >= 0.6 is 23.3 Å². The molecule has 6 heteroatoms. The Morgan fingerprint density at radius 1 is 1.53 bits per heavy atom. The van der Waals surface area contributed by atoms with Crippen LogP contribution in [0.15, 0.2) is 27.7 Å². The van der Waals surface area contributed by atoms with Crippen molar-refractivity contribution in [2.75, 3.05) is 0 Å². The van der Waals surface area contributed by atoms with Gasteiger partial charge in [0.1, 0.15) is 10.9 Å². The van der Waals surface area contributed by atoms with Crippen LogP contribution in [0.1, 0.15) is 31.3 Å². The van der Waals surface area contributed by atoms with Crippen molar-refractivity contribution in [3.63, 3.8) is 0 Å². The van der Waals surface area contributed by atoms with Crippen LogP contribution in [-0.2, 0) is 6.42 Å². The van der Waals surface area contributed by atoms with Gasteiger partial charge in [-0.15, -0.1) is 0 Å². The van der Waals surface area contributed by atoms with Crippen molar-refractivity contribution in [3.8, 4) is 0 Å². The molecule has 0 radical (unpaired) electrons. The van der Waals surface area contributed by atoms with Crippen LogP contribution in [0.5, 0.6) is 0 Å². The summed E-state index contributed by atoms with van der Waals surface area (Å²) in [5.74, 6) is 0.865. The van der Waals surface area contributed by atoms with E-state index in [4.69, 9.17) is 0 Å². The molecule has 0 spiro atoms. The second-order valence-electron chi connectivity index (χ2n) is 3.54. The van der Waals surface area contributed by atoms with Crippen molar-refractivity contribution in [1.82, 2.24) is 14.3 Å². The van der Waals surface area contributed by atoms with E-state index in [2.05, 4.69) is 14.3 Å². The summed E-state index contributed by atoms with van der Waals surface area (Å²) in [5, 5.41) is 10.3. The van der Waals surface area contributed by atoms with E-state index in [0.29, 0.717) is 0 Å². The average molecular weight is 267 g/mol. The number of aliphatic hydroxyl groups is 1. The van der Waals surface area contributed by atoms with Crippen LogP contribution < -0.4 is 0 Å². The van der Waals surface area contributed by atoms with Gasteiger partial charge < -0.3 is 5.11 Å². The maximum absolute atomic E-state index is 9.49. The lowest BCUT2D eigenvalue weighted by Crippen LogP contribution is -1.92. The van der Waals surface area contributed by atoms with Gasteiger partial charge in [-0.1, -0.05) is 6.92 Å². The van der Waals surface area contributed by atoms with Crippen LogP contribution in [0.2, 0.25) is 0 Å². The lowest BCUT2D eigenvalue weighted by Gasteiger charge is -2.04. The summed E-state index contributed by atoms with van der Waals surface area (Å²) in [6.45, 7) is 3.77. The van der Waals surface area contributed by atoms with Crippen molar-refractivity contribution in [2.24, 2.45) is 0 Å². The van der Waals surface area contributed by atoms with E-state index in [-0.39, 0.29) is 0 Å². The summed E-state index contributed by atoms with van der Waals surface area (Å²) >= 11 is 2.86. The summed E-state index contributed by atoms with van der Waals surface area (Å²) in [6, 6.07) is 3.69. The van der Waals surface area contributed by atoms with Gasteiger partial charge in [-0.3, -0.25) is 0 Å². The van der Waals surface area contributed by atoms with E-state index in [1.54, 1.807) is 13.1 Å². The zero-order valence-corrected chi connectivity index (χ0v) is 11.3. The molecule has 2 rings (SSSR count). The third-order valence-electron chi connectivity index (χ3n) is 2.20. The maximum Gasteiger partial charge on any atom is 0.176 e. The third kappa shape index (κ3) is 3.24. The molecule has 2 aromatic rings. The average Bonchev–Trinajstić information content (AvgIpc) is 2.77. The summed E-state index contributed by atoms with van der Waals surface area (Å²) in [4.78, 5) is 8.61. The fraction of sp³-hybridized carbons (Fsp3) is 0.364. The van der Waals surface area contributed by atoms with Gasteiger partial charge in [-0.25, -0.2) is 9.97 Å². The first-order valence-corrected chi connectivity index (χ1v) is 6.92. The Hall–Kier alpha value is -0.980. The molecule has 0 saturated carbocycles. The minimum atomic E-state index is -0.474. The number of aromatic nitrogens is 3. The largest absolute Gasteiger partial charge is 0.389 e. The van der Waals surface area contributed by atoms with E-state index in [9.17, 15) is 5.11 Å². The second kappa shape index (κ2) is 5.57. The molecule has 90 valence electrons. The van der Waals surface area contributed by atoms with Gasteiger partial charge in [-0.05, 0) is 47.9 Å². The first-order valence-electron chi connectivity index (χ1n) is 5.33. The molecule has 0 amide bonds. The minimum Gasteiger partial charge on any atom is -0.389 e. The van der Waals surface area contributed by atoms with Crippen LogP contribution in [0, 0.1) is 0 Å². The third-order valence-corrected chi connectivity index (χ3v) is 3.92. The molecule has 2 heterocycles. The first kappa shape index (κ1) is 12.5. The number of pyridine rings is 1. The van der Waals surface area contributed by atoms with Gasteiger partial charge in [0.25, 0.3) is 0 Å². The smallest absolute Gasteiger partial charge is 0.176 e. The van der Waals surface area contributed by atoms with E-state index >= 15 is 0 Å². The summed E-state index contributed by atoms with van der Waals surface area (Å²) in [6.07, 6.45) is 2.07. The zero-order chi connectivity index (χ0) is 12.3. The molecule has 1 N–H and O–H groups in total. The van der Waals surface area contributed by atoms with Crippen LogP contribution in [0.4, 0.5) is 0 Å². The summed E-state index contributed by atoms with van der Waals surface area (Å²) in [5.41, 5.74) is 0.864. The van der Waals surface area contributed by atoms with Crippen molar-refractivity contribution < 1.29 is 5.11 Å². The van der Waals surface area contributed by atoms with Crippen LogP contribution in [0.25, 0.3) is 0 Å². The Bertz CT molecular complexity index is 499. The molecule has 2 aromatic heterocycles. The number of nitrogens with zero attached hydrogens (tertiary/aromatic N) is 3. The van der Waals surface area contributed by atoms with Gasteiger partial charge in [-0.2, -0.15) is 4.37 Å². The summed E-state index contributed by atoms with van der Waals surface area (Å²) < 4.78 is 5.11. The highest BCUT2D eigenvalue weighted by Gasteiger charge is 2.07. The molecule has 0 saturated heterocycles. The number of aryl methyl sites for hydroxylation is 1. The van der Waals surface area contributed by atoms with Crippen molar-refractivity contribution in [2.45, 2.75) is 35.7 Å². The highest BCUT2D eigenvalue weighted by molar-refractivity contribution is 8.00. The van der Waals surface area contributed by atoms with E-state index in [1.165, 1.54) is 23.3 Å². The molecule has 0 aromatic carbocycles. The Labute approximate surface area is 108 Å². The number of hydrogen-bond donors (Lipinski definition) is 1. The van der Waals surface area contributed by atoms with Crippen LogP contribution in [0.3, 0.4) is 0 Å². The molecule has 0 fully saturated rings. The Morgan fingerprint density at radius 2 is 2.35 bits per heavy atom. The van der Waals surface area contributed by atoms with Gasteiger partial charge >= 0.3 is 0 Å². The Kier molecular flexibility index (Phi) is 4.09. The Balaban J connectivity index is 2.15. The SMILES string of the molecule is CCc1nsc(Sc2cc([C@H](C)O)ccn2)n1. The normalized spacial score (nSPS) is 12.6. The number of rotatable bonds is 4. The standard InChI is InChI=1S/C11H13N3OS2/c1-3-9-13-11(17-14-9)16-10-6-8(7(2)15)4-5-12-10/h4-7,15H,3H2,1-2H3/t7-/m0/s1. The molecule has 4 nitrogen and oxygen atoms in total. The maximum atomic E-state index is 9.49. The highest BCUT2D eigenvalue weighted by Crippen LogP contribution is 2.28. The second-order valence-corrected chi connectivity index (χ2v) is 5.55. The molecule has 0 aliphatic carbocycles. The topological polar surface area (TPSA) is 58.9 Å². The fourth-order valence-electron chi connectivity index (χ4n) is 1.25. The molecular weight excluding hydrogens is 254 g/mol. The van der Waals surface area contributed by atoms with Gasteiger partial charge in [0, 0.05) is 12.6 Å². The predicted molar refractivity (Wildman–Crippen MR) is 68.3 cm³/mol. The van der Waals surface area contributed by atoms with E-state index < -0.39 is 6.10 Å². The van der Waals surface area contributed by atoms with Gasteiger partial charge in [0.2, 0.25) is 0 Å². The highest BCUT2D eigenvalue weighted by atomic mass is 32.2. The molecule has 0 aliphatic heterocycles. The van der Waals surface area contributed by atoms with E-state index in [1.807, 2.05) is 19.1 Å². The lowest BCUT2D eigenvalue weighted by molar-refractivity contribution is 0.199. The zero-order valence-electron chi connectivity index (χ0n) is 9.62. The van der Waals surface area contributed by atoms with Gasteiger partial charge in [0.15, 0.2) is 4.34 Å². The summed E-state index contributed by atoms with van der Waals surface area (Å²) in [7, 11) is 0. The molecule has 1 atom stereocenters. The monoisotopic (exact) mass is 267 g/mol. The molecular formula is C11H13N3OS2. The van der Waals surface area contributed by atoms with Crippen molar-refractivity contribution >= 4 is 23.3 Å². The van der Waals surface area contributed by atoms with Crippen LogP contribution in [-0.4, -0.2) is 19.4 Å². The molecule has 0 unspecified atom stereocenters. The molecule has 0 bridgehead atoms. The molecule has 17 heavy (non-hydrogen) atoms. The number of aliphatic hydroxyl groups excluding tert-OH is 1. The predicted octanol–water partition coefficient (Wildman–Crippen LogP) is 2.70. The minimum absolute atomic E-state index is 0.474. The quantitative estimate of drug-likeness (QED) is 0.923. The van der Waals surface area contributed by atoms with E-state index in [0.717, 1.165) is 27.2 Å². The number of hydrogen-bond acceptors (Lipinski definition) is 6. The van der Waals surface area contributed by atoms with Crippen molar-refractivity contribution in [1.29, 1.82) is 0 Å². The van der Waals surface area contributed by atoms with Crippen molar-refractivity contribution in [3.05, 3.63) is 29.7 Å². The first-order chi connectivity index (χ1) is 8.19. The Morgan fingerprint density at radius 3 is 3.00 bits per heavy atom.